The van der Waals surface area contributed by atoms with Crippen LogP contribution in [0.1, 0.15) is 41.9 Å². The minimum atomic E-state index is -0.665. The van der Waals surface area contributed by atoms with Gasteiger partial charge in [0.15, 0.2) is 0 Å². The van der Waals surface area contributed by atoms with Gasteiger partial charge in [0, 0.05) is 0 Å². The second kappa shape index (κ2) is 7.95. The summed E-state index contributed by atoms with van der Waals surface area (Å²) in [6, 6.07) is 18.1. The Bertz CT molecular complexity index is 782. The number of fused-ring (bicyclic) bond motifs is 3. The van der Waals surface area contributed by atoms with Crippen molar-refractivity contribution in [2.24, 2.45) is 5.41 Å². The third-order valence-electron chi connectivity index (χ3n) is 4.90. The fourth-order valence-electron chi connectivity index (χ4n) is 3.65. The number of halogens is 2. The number of hydrogen-bond acceptors (Lipinski definition) is 0. The van der Waals surface area contributed by atoms with Crippen molar-refractivity contribution in [2.75, 3.05) is 0 Å². The van der Waals surface area contributed by atoms with Gasteiger partial charge in [0.05, 0.1) is 0 Å². The van der Waals surface area contributed by atoms with Crippen molar-refractivity contribution in [1.82, 2.24) is 0 Å². The number of allylic oxidation sites excluding steroid dienone is 4. The van der Waals surface area contributed by atoms with E-state index in [0.717, 1.165) is 0 Å². The molecular formula is C22H22Cl2Zr. The van der Waals surface area contributed by atoms with Crippen molar-refractivity contribution >= 4 is 0 Å². The van der Waals surface area contributed by atoms with Gasteiger partial charge in [0.1, 0.15) is 0 Å². The molecule has 2 aliphatic carbocycles. The van der Waals surface area contributed by atoms with E-state index in [-0.39, 0.29) is 30.2 Å². The average Bonchev–Trinajstić information content (AvgIpc) is 3.12. The molecular weight excluding hydrogens is 426 g/mol. The number of hydrogen-bond donors (Lipinski definition) is 0. The predicted octanol–water partition coefficient (Wildman–Crippen LogP) is 0.107. The van der Waals surface area contributed by atoms with E-state index >= 15 is 0 Å². The van der Waals surface area contributed by atoms with Crippen LogP contribution in [0.5, 0.6) is 0 Å². The molecule has 0 amide bonds. The molecule has 2 aromatic rings. The molecule has 0 bridgehead atoms. The molecule has 0 atom stereocenters. The maximum absolute atomic E-state index is 2.52. The normalized spacial score (nSPS) is 15.2. The first-order valence-corrected chi connectivity index (χ1v) is 11.0. The Morgan fingerprint density at radius 2 is 1.36 bits per heavy atom. The second-order valence-electron chi connectivity index (χ2n) is 7.54. The van der Waals surface area contributed by atoms with Crippen LogP contribution < -0.4 is 24.8 Å². The number of benzene rings is 2. The van der Waals surface area contributed by atoms with E-state index in [9.17, 15) is 0 Å². The summed E-state index contributed by atoms with van der Waals surface area (Å²) in [7, 11) is 0. The quantitative estimate of drug-likeness (QED) is 0.612. The van der Waals surface area contributed by atoms with E-state index in [1.807, 2.05) is 0 Å². The Hall–Kier alpha value is -0.617. The SMILES string of the molecule is CC(C)(C)C1=CC[C]([Zr+2][CH]2c3ccccc3-c3ccccc32)=C1.[Cl-].[Cl-]. The Morgan fingerprint density at radius 3 is 1.84 bits per heavy atom. The van der Waals surface area contributed by atoms with Crippen molar-refractivity contribution in [2.45, 2.75) is 30.8 Å². The third kappa shape index (κ3) is 3.90. The van der Waals surface area contributed by atoms with Crippen molar-refractivity contribution in [1.29, 1.82) is 0 Å². The summed E-state index contributed by atoms with van der Waals surface area (Å²) in [4.78, 5) is 0. The molecule has 0 spiro atoms. The second-order valence-corrected chi connectivity index (χ2v) is 11.2. The van der Waals surface area contributed by atoms with Crippen LogP contribution >= 0.6 is 0 Å². The molecule has 3 heteroatoms. The van der Waals surface area contributed by atoms with Crippen LogP contribution in [0, 0.1) is 5.41 Å². The molecule has 0 saturated carbocycles. The summed E-state index contributed by atoms with van der Waals surface area (Å²) in [5, 5.41) is 0. The average molecular weight is 449 g/mol. The van der Waals surface area contributed by atoms with Crippen LogP contribution in [0.3, 0.4) is 0 Å². The monoisotopic (exact) mass is 446 g/mol. The van der Waals surface area contributed by atoms with Gasteiger partial charge in [-0.25, -0.2) is 0 Å². The minimum absolute atomic E-state index is 0. The molecule has 0 nitrogen and oxygen atoms in total. The van der Waals surface area contributed by atoms with E-state index < -0.39 is 23.2 Å². The zero-order valence-electron chi connectivity index (χ0n) is 14.8. The van der Waals surface area contributed by atoms with Crippen LogP contribution in [-0.4, -0.2) is 0 Å². The van der Waals surface area contributed by atoms with Crippen LogP contribution in [0.15, 0.2) is 69.5 Å². The summed E-state index contributed by atoms with van der Waals surface area (Å²) < 4.78 is 2.43. The summed E-state index contributed by atoms with van der Waals surface area (Å²) in [6.07, 6.45) is 6.18. The smallest absolute Gasteiger partial charge is 1.00 e. The van der Waals surface area contributed by atoms with E-state index in [0.29, 0.717) is 3.63 Å². The van der Waals surface area contributed by atoms with E-state index in [4.69, 9.17) is 0 Å². The zero-order valence-corrected chi connectivity index (χ0v) is 18.8. The Labute approximate surface area is 175 Å². The molecule has 0 heterocycles. The topological polar surface area (TPSA) is 0 Å². The van der Waals surface area contributed by atoms with Crippen LogP contribution in [-0.2, 0) is 23.2 Å². The van der Waals surface area contributed by atoms with Crippen molar-refractivity contribution < 1.29 is 48.0 Å². The summed E-state index contributed by atoms with van der Waals surface area (Å²) in [6.45, 7) is 6.97. The minimum Gasteiger partial charge on any atom is -1.00 e. The molecule has 0 radical (unpaired) electrons. The molecule has 128 valence electrons. The molecule has 25 heavy (non-hydrogen) atoms. The molecule has 0 fully saturated rings. The van der Waals surface area contributed by atoms with Crippen molar-refractivity contribution in [3.8, 4) is 11.1 Å². The molecule has 4 rings (SSSR count). The first-order valence-electron chi connectivity index (χ1n) is 8.40. The van der Waals surface area contributed by atoms with Crippen molar-refractivity contribution in [3.63, 3.8) is 0 Å². The van der Waals surface area contributed by atoms with Gasteiger partial charge >= 0.3 is 151 Å². The van der Waals surface area contributed by atoms with Crippen molar-refractivity contribution in [3.05, 3.63) is 80.7 Å². The maximum atomic E-state index is 2.52. The molecule has 0 N–H and O–H groups in total. The largest absolute Gasteiger partial charge is 1.00 e. The van der Waals surface area contributed by atoms with E-state index in [2.05, 4.69) is 81.5 Å². The molecule has 0 saturated heterocycles. The fourth-order valence-corrected chi connectivity index (χ4v) is 7.69. The Balaban J connectivity index is 0.00000113. The molecule has 2 aliphatic rings. The molecule has 0 unspecified atom stereocenters. The Kier molecular flexibility index (Phi) is 6.58. The fraction of sp³-hybridized carbons (Fsp3) is 0.273. The van der Waals surface area contributed by atoms with Gasteiger partial charge in [-0.1, -0.05) is 0 Å². The van der Waals surface area contributed by atoms with Gasteiger partial charge in [-0.2, -0.15) is 0 Å². The maximum Gasteiger partial charge on any atom is -1.00 e. The summed E-state index contributed by atoms with van der Waals surface area (Å²) in [5.74, 6) is 0. The summed E-state index contributed by atoms with van der Waals surface area (Å²) >= 11 is -0.665. The standard InChI is InChI=1S/C13H9.C9H13.2ClH.Zr/c1-3-7-12-10(5-1)9-11-6-2-4-8-13(11)12;1-9(2,3)8-6-4-5-7-8;;;/h1-9H;6-7H,4H2,1-3H3;2*1H;/q;;;;+2/p-2. The first-order chi connectivity index (χ1) is 11.0. The molecule has 0 aromatic heterocycles. The zero-order chi connectivity index (χ0) is 16.0. The van der Waals surface area contributed by atoms with E-state index in [1.165, 1.54) is 23.1 Å². The van der Waals surface area contributed by atoms with Crippen LogP contribution in [0.25, 0.3) is 11.1 Å². The van der Waals surface area contributed by atoms with Gasteiger partial charge in [-0.3, -0.25) is 0 Å². The van der Waals surface area contributed by atoms with E-state index in [1.54, 1.807) is 14.4 Å². The predicted molar refractivity (Wildman–Crippen MR) is 94.0 cm³/mol. The van der Waals surface area contributed by atoms with Gasteiger partial charge < -0.3 is 24.8 Å². The van der Waals surface area contributed by atoms with Gasteiger partial charge in [0.25, 0.3) is 0 Å². The van der Waals surface area contributed by atoms with Gasteiger partial charge in [0.2, 0.25) is 0 Å². The third-order valence-corrected chi connectivity index (χ3v) is 8.91. The van der Waals surface area contributed by atoms with Crippen LogP contribution in [0.4, 0.5) is 0 Å². The van der Waals surface area contributed by atoms with Gasteiger partial charge in [-0.15, -0.1) is 0 Å². The summed E-state index contributed by atoms with van der Waals surface area (Å²) in [5.41, 5.74) is 7.91. The molecule has 0 aliphatic heterocycles. The van der Waals surface area contributed by atoms with Crippen LogP contribution in [0.2, 0.25) is 0 Å². The molecule has 2 aromatic carbocycles. The first kappa shape index (κ1) is 20.7. The number of rotatable bonds is 2. The Morgan fingerprint density at radius 1 is 0.840 bits per heavy atom. The van der Waals surface area contributed by atoms with Gasteiger partial charge in [-0.05, 0) is 0 Å².